The van der Waals surface area contributed by atoms with E-state index in [2.05, 4.69) is 22.1 Å². The molecule has 0 saturated carbocycles. The van der Waals surface area contributed by atoms with Crippen LogP contribution >= 0.6 is 0 Å². The summed E-state index contributed by atoms with van der Waals surface area (Å²) in [7, 11) is 0. The lowest BCUT2D eigenvalue weighted by molar-refractivity contribution is -0.384. The van der Waals surface area contributed by atoms with Crippen molar-refractivity contribution in [3.05, 3.63) is 58.3 Å². The summed E-state index contributed by atoms with van der Waals surface area (Å²) in [5, 5.41) is 13.4. The molecule has 0 aliphatic carbocycles. The Hall–Kier alpha value is -2.96. The fraction of sp³-hybridized carbons (Fsp3) is 0.333. The Bertz CT molecular complexity index is 751. The zero-order chi connectivity index (χ0) is 17.8. The summed E-state index contributed by atoms with van der Waals surface area (Å²) in [6, 6.07) is 9.22. The second-order valence-corrected chi connectivity index (χ2v) is 6.33. The second kappa shape index (κ2) is 7.29. The van der Waals surface area contributed by atoms with Gasteiger partial charge in [-0.05, 0) is 43.0 Å². The highest BCUT2D eigenvalue weighted by Gasteiger charge is 2.17. The molecule has 1 aromatic carbocycles. The zero-order valence-corrected chi connectivity index (χ0v) is 14.0. The number of nitrogens with one attached hydrogen (secondary N) is 1. The van der Waals surface area contributed by atoms with Crippen LogP contribution in [0.1, 0.15) is 30.1 Å². The second-order valence-electron chi connectivity index (χ2n) is 6.33. The Morgan fingerprint density at radius 2 is 1.88 bits per heavy atom. The number of non-ortho nitro benzene ring substituents is 1. The normalized spacial score (nSPS) is 15.0. The van der Waals surface area contributed by atoms with Crippen LogP contribution in [0.3, 0.4) is 0 Å². The van der Waals surface area contributed by atoms with Crippen molar-refractivity contribution >= 4 is 23.1 Å². The predicted octanol–water partition coefficient (Wildman–Crippen LogP) is 3.48. The van der Waals surface area contributed by atoms with Gasteiger partial charge in [0.2, 0.25) is 0 Å². The number of benzene rings is 1. The van der Waals surface area contributed by atoms with Gasteiger partial charge >= 0.3 is 0 Å². The smallest absolute Gasteiger partial charge is 0.269 e. The number of carbonyl (C=O) groups excluding carboxylic acids is 1. The first-order valence-corrected chi connectivity index (χ1v) is 8.30. The van der Waals surface area contributed by atoms with Gasteiger partial charge in [0, 0.05) is 30.8 Å². The molecule has 0 radical (unpaired) electrons. The molecule has 0 atom stereocenters. The molecule has 1 saturated heterocycles. The van der Waals surface area contributed by atoms with Gasteiger partial charge in [0.1, 0.15) is 5.82 Å². The molecule has 1 aliphatic rings. The molecule has 7 heteroatoms. The lowest BCUT2D eigenvalue weighted by Gasteiger charge is -2.31. The van der Waals surface area contributed by atoms with Crippen molar-refractivity contribution in [3.63, 3.8) is 0 Å². The first kappa shape index (κ1) is 16.9. The van der Waals surface area contributed by atoms with E-state index in [1.54, 1.807) is 6.20 Å². The standard InChI is InChI=1S/C18H20N4O3/c1-13-8-10-21(11-9-13)17-7-4-15(12-19-17)20-18(23)14-2-5-16(6-3-14)22(24)25/h2-7,12-13H,8-11H2,1H3,(H,20,23). The number of hydrogen-bond donors (Lipinski definition) is 1. The zero-order valence-electron chi connectivity index (χ0n) is 14.0. The number of nitro benzene ring substituents is 1. The van der Waals surface area contributed by atoms with E-state index in [9.17, 15) is 14.9 Å². The molecule has 1 amide bonds. The van der Waals surface area contributed by atoms with Crippen LogP contribution in [-0.4, -0.2) is 28.9 Å². The number of carbonyl (C=O) groups is 1. The molecule has 3 rings (SSSR count). The average molecular weight is 340 g/mol. The Kier molecular flexibility index (Phi) is 4.92. The number of nitrogens with zero attached hydrogens (tertiary/aromatic N) is 3. The van der Waals surface area contributed by atoms with E-state index in [1.165, 1.54) is 37.1 Å². The number of hydrogen-bond acceptors (Lipinski definition) is 5. The van der Waals surface area contributed by atoms with Crippen molar-refractivity contribution in [2.45, 2.75) is 19.8 Å². The molecule has 2 heterocycles. The maximum Gasteiger partial charge on any atom is 0.269 e. The van der Waals surface area contributed by atoms with Crippen LogP contribution < -0.4 is 10.2 Å². The summed E-state index contributed by atoms with van der Waals surface area (Å²) in [4.78, 5) is 29.0. The van der Waals surface area contributed by atoms with Crippen LogP contribution in [-0.2, 0) is 0 Å². The monoisotopic (exact) mass is 340 g/mol. The van der Waals surface area contributed by atoms with Gasteiger partial charge in [-0.2, -0.15) is 0 Å². The summed E-state index contributed by atoms with van der Waals surface area (Å²) < 4.78 is 0. The molecule has 0 bridgehead atoms. The quantitative estimate of drug-likeness (QED) is 0.680. The fourth-order valence-corrected chi connectivity index (χ4v) is 2.82. The largest absolute Gasteiger partial charge is 0.357 e. The molecule has 0 unspecified atom stereocenters. The lowest BCUT2D eigenvalue weighted by Crippen LogP contribution is -2.33. The highest BCUT2D eigenvalue weighted by molar-refractivity contribution is 6.04. The van der Waals surface area contributed by atoms with Gasteiger partial charge in [-0.25, -0.2) is 4.98 Å². The van der Waals surface area contributed by atoms with Crippen LogP contribution in [0.5, 0.6) is 0 Å². The molecule has 1 fully saturated rings. The number of pyridine rings is 1. The van der Waals surface area contributed by atoms with Crippen LogP contribution in [0.2, 0.25) is 0 Å². The minimum absolute atomic E-state index is 0.0431. The van der Waals surface area contributed by atoms with Crippen molar-refractivity contribution in [1.82, 2.24) is 4.98 Å². The van der Waals surface area contributed by atoms with Gasteiger partial charge in [-0.3, -0.25) is 14.9 Å². The number of aromatic nitrogens is 1. The van der Waals surface area contributed by atoms with E-state index in [1.807, 2.05) is 12.1 Å². The van der Waals surface area contributed by atoms with E-state index in [4.69, 9.17) is 0 Å². The summed E-state index contributed by atoms with van der Waals surface area (Å²) in [6.07, 6.45) is 3.97. The number of rotatable bonds is 4. The Balaban J connectivity index is 1.62. The number of piperidine rings is 1. The molecule has 1 aromatic heterocycles. The van der Waals surface area contributed by atoms with Gasteiger partial charge in [0.15, 0.2) is 0 Å². The van der Waals surface area contributed by atoms with Gasteiger partial charge in [0.25, 0.3) is 11.6 Å². The van der Waals surface area contributed by atoms with Crippen LogP contribution in [0.25, 0.3) is 0 Å². The molecule has 1 aliphatic heterocycles. The maximum atomic E-state index is 12.2. The van der Waals surface area contributed by atoms with E-state index < -0.39 is 4.92 Å². The Morgan fingerprint density at radius 3 is 2.44 bits per heavy atom. The molecule has 7 nitrogen and oxygen atoms in total. The SMILES string of the molecule is CC1CCN(c2ccc(NC(=O)c3ccc([N+](=O)[O-])cc3)cn2)CC1. The topological polar surface area (TPSA) is 88.4 Å². The van der Waals surface area contributed by atoms with Crippen molar-refractivity contribution in [1.29, 1.82) is 0 Å². The highest BCUT2D eigenvalue weighted by atomic mass is 16.6. The summed E-state index contributed by atoms with van der Waals surface area (Å²) in [5.74, 6) is 1.35. The lowest BCUT2D eigenvalue weighted by atomic mass is 9.99. The third-order valence-corrected chi connectivity index (χ3v) is 4.45. The van der Waals surface area contributed by atoms with Gasteiger partial charge in [-0.15, -0.1) is 0 Å². The van der Waals surface area contributed by atoms with E-state index in [0.29, 0.717) is 11.3 Å². The number of nitro groups is 1. The number of anilines is 2. The molecule has 0 spiro atoms. The van der Waals surface area contributed by atoms with Crippen molar-refractivity contribution in [3.8, 4) is 0 Å². The van der Waals surface area contributed by atoms with Crippen molar-refractivity contribution in [2.24, 2.45) is 5.92 Å². The van der Waals surface area contributed by atoms with Gasteiger partial charge < -0.3 is 10.2 Å². The maximum absolute atomic E-state index is 12.2. The molecule has 1 N–H and O–H groups in total. The third kappa shape index (κ3) is 4.12. The van der Waals surface area contributed by atoms with Gasteiger partial charge in [0.05, 0.1) is 16.8 Å². The van der Waals surface area contributed by atoms with Crippen molar-refractivity contribution in [2.75, 3.05) is 23.3 Å². The first-order chi connectivity index (χ1) is 12.0. The minimum Gasteiger partial charge on any atom is -0.357 e. The third-order valence-electron chi connectivity index (χ3n) is 4.45. The summed E-state index contributed by atoms with van der Waals surface area (Å²) in [5.41, 5.74) is 0.913. The minimum atomic E-state index is -0.494. The van der Waals surface area contributed by atoms with E-state index in [0.717, 1.165) is 24.8 Å². The number of amides is 1. The summed E-state index contributed by atoms with van der Waals surface area (Å²) in [6.45, 7) is 4.27. The predicted molar refractivity (Wildman–Crippen MR) is 95.9 cm³/mol. The summed E-state index contributed by atoms with van der Waals surface area (Å²) >= 11 is 0. The molecular formula is C18H20N4O3. The fourth-order valence-electron chi connectivity index (χ4n) is 2.82. The molecule has 2 aromatic rings. The molecular weight excluding hydrogens is 320 g/mol. The van der Waals surface area contributed by atoms with E-state index >= 15 is 0 Å². The first-order valence-electron chi connectivity index (χ1n) is 8.30. The van der Waals surface area contributed by atoms with Crippen LogP contribution in [0.4, 0.5) is 17.2 Å². The van der Waals surface area contributed by atoms with Gasteiger partial charge in [-0.1, -0.05) is 6.92 Å². The molecule has 25 heavy (non-hydrogen) atoms. The average Bonchev–Trinajstić information content (AvgIpc) is 2.63. The molecule has 130 valence electrons. The highest BCUT2D eigenvalue weighted by Crippen LogP contribution is 2.22. The Labute approximate surface area is 145 Å². The Morgan fingerprint density at radius 1 is 1.20 bits per heavy atom. The van der Waals surface area contributed by atoms with E-state index in [-0.39, 0.29) is 11.6 Å². The van der Waals surface area contributed by atoms with Crippen LogP contribution in [0, 0.1) is 16.0 Å². The van der Waals surface area contributed by atoms with Crippen LogP contribution in [0.15, 0.2) is 42.6 Å². The van der Waals surface area contributed by atoms with Crippen molar-refractivity contribution < 1.29 is 9.72 Å².